The van der Waals surface area contributed by atoms with E-state index in [-0.39, 0.29) is 0 Å². The highest BCUT2D eigenvalue weighted by molar-refractivity contribution is 6.29. The van der Waals surface area contributed by atoms with Crippen molar-refractivity contribution in [2.24, 2.45) is 0 Å². The number of pyridine rings is 2. The molecule has 0 bridgehead atoms. The molecule has 254 valence electrons. The van der Waals surface area contributed by atoms with Gasteiger partial charge in [0.25, 0.3) is 0 Å². The molecule has 8 aromatic carbocycles. The first kappa shape index (κ1) is 31.0. The Balaban J connectivity index is 1.19. The highest BCUT2D eigenvalue weighted by Crippen LogP contribution is 2.47. The normalized spacial score (nSPS) is 11.6. The molecule has 11 aromatic rings. The lowest BCUT2D eigenvalue weighted by Gasteiger charge is -2.16. The molecule has 0 amide bonds. The first-order chi connectivity index (χ1) is 27.2. The molecule has 0 N–H and O–H groups in total. The summed E-state index contributed by atoms with van der Waals surface area (Å²) in [5.41, 5.74) is 12.9. The fraction of sp³-hybridized carbons (Fsp3) is 0. The molecule has 3 heterocycles. The first-order valence-corrected chi connectivity index (χ1v) is 18.4. The molecule has 0 aliphatic carbocycles. The molecule has 0 saturated heterocycles. The summed E-state index contributed by atoms with van der Waals surface area (Å²) in [5.74, 6) is 0. The maximum absolute atomic E-state index is 8.09. The van der Waals surface area contributed by atoms with E-state index < -0.39 is 0 Å². The Kier molecular flexibility index (Phi) is 6.89. The maximum Gasteiger partial charge on any atom is 0.195 e. The average Bonchev–Trinajstić information content (AvgIpc) is 3.61. The van der Waals surface area contributed by atoms with E-state index in [2.05, 4.69) is 159 Å². The Bertz CT molecular complexity index is 3260. The molecular weight excluding hydrogens is 669 g/mol. The fourth-order valence-corrected chi connectivity index (χ4v) is 8.72. The van der Waals surface area contributed by atoms with Crippen LogP contribution in [-0.4, -0.2) is 14.5 Å². The van der Waals surface area contributed by atoms with E-state index in [0.717, 1.165) is 60.5 Å². The van der Waals surface area contributed by atoms with E-state index in [9.17, 15) is 0 Å². The van der Waals surface area contributed by atoms with Crippen molar-refractivity contribution in [3.63, 3.8) is 0 Å². The SMILES string of the molecule is [C-]#[N+]c1ccc2c3c1ccc1c(-c4ccc(-c5cccc6ccccc56)c5ccccc45)ccc(c13)n2-c1cc(-c2cccnc2)cc(-c2cccnc2)c1. The zero-order valence-electron chi connectivity index (χ0n) is 29.6. The minimum Gasteiger partial charge on any atom is -0.309 e. The van der Waals surface area contributed by atoms with E-state index in [1.807, 2.05) is 30.6 Å². The molecule has 4 nitrogen and oxygen atoms in total. The number of hydrogen-bond acceptors (Lipinski definition) is 2. The van der Waals surface area contributed by atoms with Crippen LogP contribution < -0.4 is 0 Å². The van der Waals surface area contributed by atoms with E-state index in [0.29, 0.717) is 5.69 Å². The van der Waals surface area contributed by atoms with Gasteiger partial charge in [-0.15, -0.1) is 0 Å². The highest BCUT2D eigenvalue weighted by atomic mass is 15.0. The standard InChI is InChI=1S/C51H30N4/c1-52-47-22-24-49-51-46(47)20-19-45-44(43-18-17-42(40-14-4-5-15-41(40)43)39-16-6-10-32-9-2-3-13-38(32)39)21-23-48(50(45)51)55(49)37-28-35(33-11-7-25-53-30-33)27-36(29-37)34-12-8-26-54-31-34/h2-31H. The lowest BCUT2D eigenvalue weighted by atomic mass is 9.88. The average molecular weight is 699 g/mol. The Morgan fingerprint density at radius 2 is 0.964 bits per heavy atom. The number of benzene rings is 8. The second-order valence-electron chi connectivity index (χ2n) is 14.1. The van der Waals surface area contributed by atoms with Crippen LogP contribution in [0.25, 0.3) is 109 Å². The van der Waals surface area contributed by atoms with Gasteiger partial charge in [0.2, 0.25) is 0 Å². The Morgan fingerprint density at radius 3 is 1.62 bits per heavy atom. The van der Waals surface area contributed by atoms with Crippen LogP contribution in [0.2, 0.25) is 0 Å². The van der Waals surface area contributed by atoms with Crippen LogP contribution in [0.4, 0.5) is 5.69 Å². The van der Waals surface area contributed by atoms with E-state index in [1.54, 1.807) is 12.4 Å². The first-order valence-electron chi connectivity index (χ1n) is 18.4. The molecule has 0 spiro atoms. The Hall–Kier alpha value is -7.61. The predicted octanol–water partition coefficient (Wildman–Crippen LogP) is 13.7. The summed E-state index contributed by atoms with van der Waals surface area (Å²) in [6.07, 6.45) is 7.44. The number of nitrogens with zero attached hydrogens (tertiary/aromatic N) is 4. The Morgan fingerprint density at radius 1 is 0.418 bits per heavy atom. The van der Waals surface area contributed by atoms with Gasteiger partial charge in [-0.3, -0.25) is 9.97 Å². The van der Waals surface area contributed by atoms with E-state index in [1.165, 1.54) is 43.8 Å². The van der Waals surface area contributed by atoms with Crippen molar-refractivity contribution in [3.8, 4) is 50.2 Å². The predicted molar refractivity (Wildman–Crippen MR) is 228 cm³/mol. The van der Waals surface area contributed by atoms with Gasteiger partial charge in [0, 0.05) is 52.4 Å². The lowest BCUT2D eigenvalue weighted by Crippen LogP contribution is -1.96. The summed E-state index contributed by atoms with van der Waals surface area (Å²) in [6, 6.07) is 56.4. The third kappa shape index (κ3) is 4.77. The second-order valence-corrected chi connectivity index (χ2v) is 14.1. The molecule has 0 fully saturated rings. The summed E-state index contributed by atoms with van der Waals surface area (Å²) in [6.45, 7) is 8.09. The third-order valence-electron chi connectivity index (χ3n) is 11.2. The van der Waals surface area contributed by atoms with Gasteiger partial charge in [0.15, 0.2) is 5.69 Å². The molecule has 0 unspecified atom stereocenters. The van der Waals surface area contributed by atoms with Crippen LogP contribution >= 0.6 is 0 Å². The number of aromatic nitrogens is 3. The van der Waals surface area contributed by atoms with E-state index in [4.69, 9.17) is 6.57 Å². The van der Waals surface area contributed by atoms with Gasteiger partial charge in [0.05, 0.1) is 17.6 Å². The molecule has 4 heteroatoms. The topological polar surface area (TPSA) is 35.1 Å². The van der Waals surface area contributed by atoms with Gasteiger partial charge in [0.1, 0.15) is 0 Å². The molecule has 3 aromatic heterocycles. The van der Waals surface area contributed by atoms with Gasteiger partial charge in [-0.1, -0.05) is 115 Å². The van der Waals surface area contributed by atoms with Gasteiger partial charge in [-0.2, -0.15) is 0 Å². The number of fused-ring (bicyclic) bond motifs is 2. The monoisotopic (exact) mass is 698 g/mol. The maximum atomic E-state index is 8.09. The summed E-state index contributed by atoms with van der Waals surface area (Å²) in [5, 5.41) is 9.30. The smallest absolute Gasteiger partial charge is 0.195 e. The number of rotatable bonds is 5. The molecule has 0 radical (unpaired) electrons. The third-order valence-corrected chi connectivity index (χ3v) is 11.2. The second kappa shape index (κ2) is 12.2. The van der Waals surface area contributed by atoms with Crippen molar-refractivity contribution in [3.05, 3.63) is 194 Å². The molecule has 0 atom stereocenters. The van der Waals surface area contributed by atoms with Crippen LogP contribution in [0.3, 0.4) is 0 Å². The molecule has 55 heavy (non-hydrogen) atoms. The summed E-state index contributed by atoms with van der Waals surface area (Å²) < 4.78 is 2.36. The fourth-order valence-electron chi connectivity index (χ4n) is 8.72. The zero-order chi connectivity index (χ0) is 36.5. The Labute approximate surface area is 317 Å². The van der Waals surface area contributed by atoms with Crippen molar-refractivity contribution >= 4 is 59.8 Å². The van der Waals surface area contributed by atoms with Crippen LogP contribution in [-0.2, 0) is 0 Å². The van der Waals surface area contributed by atoms with Crippen LogP contribution in [0.1, 0.15) is 0 Å². The number of hydrogen-bond donors (Lipinski definition) is 0. The van der Waals surface area contributed by atoms with Gasteiger partial charge in [-0.25, -0.2) is 4.85 Å². The molecule has 0 saturated carbocycles. The van der Waals surface area contributed by atoms with Crippen molar-refractivity contribution in [1.82, 2.24) is 14.5 Å². The van der Waals surface area contributed by atoms with Gasteiger partial charge in [-0.05, 0) is 108 Å². The van der Waals surface area contributed by atoms with Crippen LogP contribution in [0, 0.1) is 6.57 Å². The van der Waals surface area contributed by atoms with Gasteiger partial charge < -0.3 is 4.57 Å². The molecular formula is C51H30N4. The quantitative estimate of drug-likeness (QED) is 0.132. The summed E-state index contributed by atoms with van der Waals surface area (Å²) >= 11 is 0. The largest absolute Gasteiger partial charge is 0.309 e. The van der Waals surface area contributed by atoms with E-state index >= 15 is 0 Å². The van der Waals surface area contributed by atoms with Crippen molar-refractivity contribution in [2.45, 2.75) is 0 Å². The van der Waals surface area contributed by atoms with Crippen molar-refractivity contribution < 1.29 is 0 Å². The summed E-state index contributed by atoms with van der Waals surface area (Å²) in [4.78, 5) is 12.9. The summed E-state index contributed by atoms with van der Waals surface area (Å²) in [7, 11) is 0. The zero-order valence-corrected chi connectivity index (χ0v) is 29.6. The van der Waals surface area contributed by atoms with Crippen molar-refractivity contribution in [1.29, 1.82) is 0 Å². The minimum atomic E-state index is 0.656. The lowest BCUT2D eigenvalue weighted by molar-refractivity contribution is 1.18. The highest BCUT2D eigenvalue weighted by Gasteiger charge is 2.22. The molecule has 0 aliphatic heterocycles. The molecule has 0 aliphatic rings. The minimum absolute atomic E-state index is 0.656. The van der Waals surface area contributed by atoms with Crippen molar-refractivity contribution in [2.75, 3.05) is 0 Å². The molecule has 11 rings (SSSR count). The van der Waals surface area contributed by atoms with Gasteiger partial charge >= 0.3 is 0 Å². The van der Waals surface area contributed by atoms with Crippen LogP contribution in [0.15, 0.2) is 183 Å². The van der Waals surface area contributed by atoms with Crippen LogP contribution in [0.5, 0.6) is 0 Å².